The van der Waals surface area contributed by atoms with Crippen LogP contribution in [0.1, 0.15) is 23.8 Å². The Morgan fingerprint density at radius 3 is 2.68 bits per heavy atom. The lowest BCUT2D eigenvalue weighted by Gasteiger charge is -2.04. The monoisotopic (exact) mass is 299 g/mol. The Morgan fingerprint density at radius 1 is 1.36 bits per heavy atom. The van der Waals surface area contributed by atoms with Crippen molar-refractivity contribution in [3.63, 3.8) is 0 Å². The zero-order chi connectivity index (χ0) is 15.9. The van der Waals surface area contributed by atoms with Crippen molar-refractivity contribution in [2.75, 3.05) is 13.7 Å². The highest BCUT2D eigenvalue weighted by atomic mass is 16.5. The molecule has 1 aromatic heterocycles. The molecule has 22 heavy (non-hydrogen) atoms. The van der Waals surface area contributed by atoms with E-state index in [1.807, 2.05) is 30.3 Å². The van der Waals surface area contributed by atoms with E-state index in [1.54, 1.807) is 20.1 Å². The number of aryl methyl sites for hydroxylation is 1. The minimum atomic E-state index is -0.437. The maximum atomic E-state index is 12.0. The second-order valence-corrected chi connectivity index (χ2v) is 4.50. The molecule has 114 valence electrons. The number of rotatable bonds is 6. The molecule has 6 heteroatoms. The lowest BCUT2D eigenvalue weighted by Crippen LogP contribution is -2.13. The molecule has 0 N–H and O–H groups in total. The first kappa shape index (κ1) is 15.6. The Hall–Kier alpha value is -2.81. The quantitative estimate of drug-likeness (QED) is 0.766. The average Bonchev–Trinajstić information content (AvgIpc) is 2.97. The van der Waals surface area contributed by atoms with Gasteiger partial charge in [0.2, 0.25) is 0 Å². The number of aromatic nitrogens is 2. The number of ether oxygens (including phenoxy) is 2. The van der Waals surface area contributed by atoms with Gasteiger partial charge < -0.3 is 9.47 Å². The third-order valence-corrected chi connectivity index (χ3v) is 3.09. The van der Waals surface area contributed by atoms with E-state index in [0.29, 0.717) is 24.5 Å². The zero-order valence-electron chi connectivity index (χ0n) is 12.6. The summed E-state index contributed by atoms with van der Waals surface area (Å²) in [6, 6.07) is 11.1. The van der Waals surface area contributed by atoms with Gasteiger partial charge in [0.05, 0.1) is 38.4 Å². The number of hydrogen-bond acceptors (Lipinski definition) is 5. The van der Waals surface area contributed by atoms with Crippen LogP contribution in [0.2, 0.25) is 0 Å². The summed E-state index contributed by atoms with van der Waals surface area (Å²) in [7, 11) is 1.60. The van der Waals surface area contributed by atoms with Gasteiger partial charge in [0.25, 0.3) is 0 Å². The van der Waals surface area contributed by atoms with Crippen LogP contribution < -0.4 is 4.74 Å². The van der Waals surface area contributed by atoms with Crippen molar-refractivity contribution in [2.24, 2.45) is 0 Å². The predicted octanol–water partition coefficient (Wildman–Crippen LogP) is 2.65. The molecule has 1 aromatic carbocycles. The van der Waals surface area contributed by atoms with Crippen LogP contribution in [0, 0.1) is 11.3 Å². The van der Waals surface area contributed by atoms with Crippen molar-refractivity contribution in [2.45, 2.75) is 19.9 Å². The van der Waals surface area contributed by atoms with E-state index >= 15 is 0 Å². The van der Waals surface area contributed by atoms with Crippen molar-refractivity contribution < 1.29 is 14.3 Å². The summed E-state index contributed by atoms with van der Waals surface area (Å²) < 4.78 is 11.7. The number of benzene rings is 1. The fourth-order valence-corrected chi connectivity index (χ4v) is 2.02. The van der Waals surface area contributed by atoms with Crippen LogP contribution in [0.15, 0.2) is 30.3 Å². The second-order valence-electron chi connectivity index (χ2n) is 4.50. The highest BCUT2D eigenvalue weighted by Gasteiger charge is 2.17. The van der Waals surface area contributed by atoms with E-state index < -0.39 is 5.97 Å². The molecule has 1 heterocycles. The number of esters is 1. The molecule has 0 radical (unpaired) electrons. The summed E-state index contributed by atoms with van der Waals surface area (Å²) in [5.74, 6) is 0.311. The Morgan fingerprint density at radius 2 is 2.09 bits per heavy atom. The molecule has 0 aliphatic heterocycles. The van der Waals surface area contributed by atoms with E-state index in [0.717, 1.165) is 11.3 Å². The van der Waals surface area contributed by atoms with Crippen molar-refractivity contribution in [3.8, 4) is 23.1 Å². The van der Waals surface area contributed by atoms with E-state index in [4.69, 9.17) is 14.7 Å². The van der Waals surface area contributed by atoms with Crippen LogP contribution in [0.25, 0.3) is 11.3 Å². The summed E-state index contributed by atoms with van der Waals surface area (Å²) in [5.41, 5.74) is 1.87. The molecule has 0 aliphatic rings. The maximum absolute atomic E-state index is 12.0. The lowest BCUT2D eigenvalue weighted by molar-refractivity contribution is 0.0512. The molecule has 0 bridgehead atoms. The molecular weight excluding hydrogens is 282 g/mol. The number of carbonyl (C=O) groups excluding carboxylic acids is 1. The molecule has 0 unspecified atom stereocenters. The van der Waals surface area contributed by atoms with E-state index in [9.17, 15) is 4.79 Å². The Bertz CT molecular complexity index is 684. The number of nitrogens with zero attached hydrogens (tertiary/aromatic N) is 3. The Balaban J connectivity index is 2.35. The molecule has 6 nitrogen and oxygen atoms in total. The Labute approximate surface area is 128 Å². The summed E-state index contributed by atoms with van der Waals surface area (Å²) in [6.45, 7) is 2.39. The van der Waals surface area contributed by atoms with Crippen molar-refractivity contribution in [1.82, 2.24) is 9.78 Å². The number of carbonyl (C=O) groups is 1. The minimum absolute atomic E-state index is 0.274. The van der Waals surface area contributed by atoms with Crippen LogP contribution in [-0.2, 0) is 11.3 Å². The first-order valence-corrected chi connectivity index (χ1v) is 6.96. The molecule has 0 spiro atoms. The molecular formula is C16H17N3O3. The number of nitriles is 1. The standard InChI is InChI=1S/C16H17N3O3/c1-3-22-16(20)15-11-14(18-19(15)10-4-9-17)12-5-7-13(21-2)8-6-12/h5-8,11H,3-4,10H2,1-2H3. The zero-order valence-corrected chi connectivity index (χ0v) is 12.6. The first-order valence-electron chi connectivity index (χ1n) is 6.96. The molecule has 2 rings (SSSR count). The van der Waals surface area contributed by atoms with Gasteiger partial charge in [-0.25, -0.2) is 4.79 Å². The summed E-state index contributed by atoms with van der Waals surface area (Å²) >= 11 is 0. The maximum Gasteiger partial charge on any atom is 0.356 e. The summed E-state index contributed by atoms with van der Waals surface area (Å²) in [5, 5.41) is 13.1. The first-order chi connectivity index (χ1) is 10.7. The molecule has 0 saturated heterocycles. The van der Waals surface area contributed by atoms with E-state index in [-0.39, 0.29) is 6.42 Å². The molecule has 0 saturated carbocycles. The van der Waals surface area contributed by atoms with Crippen LogP contribution in [0.3, 0.4) is 0 Å². The SMILES string of the molecule is CCOC(=O)c1cc(-c2ccc(OC)cc2)nn1CCC#N. The van der Waals surface area contributed by atoms with Crippen LogP contribution in [0.4, 0.5) is 0 Å². The van der Waals surface area contributed by atoms with E-state index in [2.05, 4.69) is 5.10 Å². The Kier molecular flexibility index (Phi) is 5.15. The third-order valence-electron chi connectivity index (χ3n) is 3.09. The van der Waals surface area contributed by atoms with Crippen LogP contribution in [0.5, 0.6) is 5.75 Å². The van der Waals surface area contributed by atoms with Gasteiger partial charge in [-0.15, -0.1) is 0 Å². The van der Waals surface area contributed by atoms with Crippen molar-refractivity contribution in [1.29, 1.82) is 5.26 Å². The third kappa shape index (κ3) is 3.44. The van der Waals surface area contributed by atoms with Gasteiger partial charge in [0.1, 0.15) is 11.4 Å². The fourth-order valence-electron chi connectivity index (χ4n) is 2.02. The van der Waals surface area contributed by atoms with Gasteiger partial charge in [-0.1, -0.05) is 0 Å². The predicted molar refractivity (Wildman–Crippen MR) is 80.4 cm³/mol. The minimum Gasteiger partial charge on any atom is -0.497 e. The average molecular weight is 299 g/mol. The fraction of sp³-hybridized carbons (Fsp3) is 0.312. The number of hydrogen-bond donors (Lipinski definition) is 0. The van der Waals surface area contributed by atoms with Gasteiger partial charge >= 0.3 is 5.97 Å². The summed E-state index contributed by atoms with van der Waals surface area (Å²) in [4.78, 5) is 12.0. The van der Waals surface area contributed by atoms with Gasteiger partial charge in [-0.3, -0.25) is 4.68 Å². The molecule has 0 fully saturated rings. The molecule has 0 aliphatic carbocycles. The van der Waals surface area contributed by atoms with Gasteiger partial charge in [0.15, 0.2) is 0 Å². The lowest BCUT2D eigenvalue weighted by atomic mass is 10.1. The smallest absolute Gasteiger partial charge is 0.356 e. The number of methoxy groups -OCH3 is 1. The molecule has 0 amide bonds. The van der Waals surface area contributed by atoms with Gasteiger partial charge in [-0.2, -0.15) is 10.4 Å². The largest absolute Gasteiger partial charge is 0.497 e. The molecule has 0 atom stereocenters. The van der Waals surface area contributed by atoms with Crippen molar-refractivity contribution >= 4 is 5.97 Å². The summed E-state index contributed by atoms with van der Waals surface area (Å²) in [6.07, 6.45) is 0.274. The van der Waals surface area contributed by atoms with Crippen LogP contribution >= 0.6 is 0 Å². The normalized spacial score (nSPS) is 10.0. The second kappa shape index (κ2) is 7.27. The van der Waals surface area contributed by atoms with Crippen molar-refractivity contribution in [3.05, 3.63) is 36.0 Å². The highest BCUT2D eigenvalue weighted by Crippen LogP contribution is 2.22. The highest BCUT2D eigenvalue weighted by molar-refractivity contribution is 5.89. The topological polar surface area (TPSA) is 77.1 Å². The molecule has 2 aromatic rings. The van der Waals surface area contributed by atoms with Gasteiger partial charge in [-0.05, 0) is 37.3 Å². The van der Waals surface area contributed by atoms with Gasteiger partial charge in [0, 0.05) is 5.56 Å². The van der Waals surface area contributed by atoms with Crippen LogP contribution in [-0.4, -0.2) is 29.5 Å². The van der Waals surface area contributed by atoms with E-state index in [1.165, 1.54) is 4.68 Å².